The number of carbonyl (C=O) groups is 1. The van der Waals surface area contributed by atoms with Crippen molar-refractivity contribution in [1.29, 1.82) is 0 Å². The molecular weight excluding hydrogens is 252 g/mol. The van der Waals surface area contributed by atoms with Crippen LogP contribution >= 0.6 is 0 Å². The molecule has 0 spiro atoms. The van der Waals surface area contributed by atoms with Gasteiger partial charge in [0.1, 0.15) is 5.82 Å². The summed E-state index contributed by atoms with van der Waals surface area (Å²) in [5, 5.41) is 3.16. The average Bonchev–Trinajstić information content (AvgIpc) is 2.40. The molecule has 2 aliphatic heterocycles. The SMILES string of the molecule is CN1C2CCCC1CC(NC(=O)c1ccc(N)nc1)C2. The number of aromatic nitrogens is 1. The lowest BCUT2D eigenvalue weighted by atomic mass is 9.82. The highest BCUT2D eigenvalue weighted by atomic mass is 16.1. The lowest BCUT2D eigenvalue weighted by Crippen LogP contribution is -2.55. The number of carbonyl (C=O) groups excluding carboxylic acids is 1. The smallest absolute Gasteiger partial charge is 0.253 e. The van der Waals surface area contributed by atoms with Gasteiger partial charge >= 0.3 is 0 Å². The first-order valence-electron chi connectivity index (χ1n) is 7.38. The Hall–Kier alpha value is -1.62. The van der Waals surface area contributed by atoms with Crippen molar-refractivity contribution in [1.82, 2.24) is 15.2 Å². The fourth-order valence-electron chi connectivity index (χ4n) is 3.54. The minimum Gasteiger partial charge on any atom is -0.384 e. The maximum atomic E-state index is 12.2. The van der Waals surface area contributed by atoms with E-state index in [2.05, 4.69) is 22.2 Å². The molecule has 2 aliphatic rings. The zero-order valence-electron chi connectivity index (χ0n) is 11.9. The summed E-state index contributed by atoms with van der Waals surface area (Å²) >= 11 is 0. The van der Waals surface area contributed by atoms with Gasteiger partial charge in [0.25, 0.3) is 5.91 Å². The van der Waals surface area contributed by atoms with Gasteiger partial charge in [-0.05, 0) is 44.9 Å². The second-order valence-corrected chi connectivity index (χ2v) is 6.02. The highest BCUT2D eigenvalue weighted by Gasteiger charge is 2.36. The zero-order valence-corrected chi connectivity index (χ0v) is 11.9. The van der Waals surface area contributed by atoms with Crippen molar-refractivity contribution in [3.05, 3.63) is 23.9 Å². The van der Waals surface area contributed by atoms with Crippen LogP contribution in [0.15, 0.2) is 18.3 Å². The molecule has 2 bridgehead atoms. The second kappa shape index (κ2) is 5.40. The Morgan fingerprint density at radius 3 is 2.65 bits per heavy atom. The Bertz CT molecular complexity index is 473. The second-order valence-electron chi connectivity index (χ2n) is 6.02. The molecule has 3 N–H and O–H groups in total. The van der Waals surface area contributed by atoms with Gasteiger partial charge in [0, 0.05) is 24.3 Å². The molecule has 0 aromatic carbocycles. The predicted molar refractivity (Wildman–Crippen MR) is 78.3 cm³/mol. The van der Waals surface area contributed by atoms with Crippen LogP contribution < -0.4 is 11.1 Å². The summed E-state index contributed by atoms with van der Waals surface area (Å²) in [5.41, 5.74) is 6.13. The molecule has 1 aromatic heterocycles. The summed E-state index contributed by atoms with van der Waals surface area (Å²) in [6.07, 6.45) is 7.48. The maximum Gasteiger partial charge on any atom is 0.253 e. The van der Waals surface area contributed by atoms with Gasteiger partial charge in [-0.25, -0.2) is 4.98 Å². The van der Waals surface area contributed by atoms with Crippen molar-refractivity contribution in [3.63, 3.8) is 0 Å². The van der Waals surface area contributed by atoms with Crippen LogP contribution in [0.4, 0.5) is 5.82 Å². The summed E-state index contributed by atoms with van der Waals surface area (Å²) in [7, 11) is 2.22. The number of hydrogen-bond donors (Lipinski definition) is 2. The van der Waals surface area contributed by atoms with Crippen molar-refractivity contribution >= 4 is 11.7 Å². The molecule has 0 aliphatic carbocycles. The number of nitrogens with one attached hydrogen (secondary N) is 1. The molecule has 1 amide bonds. The number of fused-ring (bicyclic) bond motifs is 2. The van der Waals surface area contributed by atoms with Crippen molar-refractivity contribution in [2.24, 2.45) is 0 Å². The zero-order chi connectivity index (χ0) is 14.1. The number of piperidine rings is 2. The number of nitrogen functional groups attached to an aromatic ring is 1. The van der Waals surface area contributed by atoms with Gasteiger partial charge < -0.3 is 16.0 Å². The summed E-state index contributed by atoms with van der Waals surface area (Å²) in [6, 6.07) is 4.92. The molecule has 2 saturated heterocycles. The molecule has 5 nitrogen and oxygen atoms in total. The Balaban J connectivity index is 1.63. The van der Waals surface area contributed by atoms with Gasteiger partial charge in [-0.15, -0.1) is 0 Å². The van der Waals surface area contributed by atoms with Crippen LogP contribution in [0.1, 0.15) is 42.5 Å². The Labute approximate surface area is 119 Å². The minimum atomic E-state index is -0.0369. The number of amides is 1. The Kier molecular flexibility index (Phi) is 3.61. The third kappa shape index (κ3) is 2.63. The van der Waals surface area contributed by atoms with E-state index in [0.29, 0.717) is 23.5 Å². The molecule has 2 unspecified atom stereocenters. The first-order valence-corrected chi connectivity index (χ1v) is 7.38. The molecule has 0 saturated carbocycles. The summed E-state index contributed by atoms with van der Waals surface area (Å²) < 4.78 is 0. The lowest BCUT2D eigenvalue weighted by molar-refractivity contribution is 0.0463. The maximum absolute atomic E-state index is 12.2. The van der Waals surface area contributed by atoms with E-state index in [0.717, 1.165) is 12.8 Å². The van der Waals surface area contributed by atoms with Crippen LogP contribution in [0.5, 0.6) is 0 Å². The molecule has 108 valence electrons. The fraction of sp³-hybridized carbons (Fsp3) is 0.600. The summed E-state index contributed by atoms with van der Waals surface area (Å²) in [5.74, 6) is 0.403. The normalized spacial score (nSPS) is 29.9. The van der Waals surface area contributed by atoms with Crippen molar-refractivity contribution in [2.45, 2.75) is 50.2 Å². The highest BCUT2D eigenvalue weighted by Crippen LogP contribution is 2.32. The topological polar surface area (TPSA) is 71.2 Å². The monoisotopic (exact) mass is 274 g/mol. The van der Waals surface area contributed by atoms with Crippen LogP contribution in [-0.2, 0) is 0 Å². The van der Waals surface area contributed by atoms with E-state index < -0.39 is 0 Å². The summed E-state index contributed by atoms with van der Waals surface area (Å²) in [6.45, 7) is 0. The van der Waals surface area contributed by atoms with Crippen molar-refractivity contribution in [3.8, 4) is 0 Å². The first kappa shape index (κ1) is 13.4. The van der Waals surface area contributed by atoms with Crippen LogP contribution in [0.2, 0.25) is 0 Å². The van der Waals surface area contributed by atoms with E-state index in [9.17, 15) is 4.79 Å². The predicted octanol–water partition coefficient (Wildman–Crippen LogP) is 1.41. The fourth-order valence-corrected chi connectivity index (χ4v) is 3.54. The Morgan fingerprint density at radius 2 is 2.05 bits per heavy atom. The van der Waals surface area contributed by atoms with Gasteiger partial charge in [-0.3, -0.25) is 4.79 Å². The van der Waals surface area contributed by atoms with E-state index in [-0.39, 0.29) is 11.9 Å². The molecule has 0 radical (unpaired) electrons. The lowest BCUT2D eigenvalue weighted by Gasteiger charge is -2.47. The molecule has 3 rings (SSSR count). The first-order chi connectivity index (χ1) is 9.63. The van der Waals surface area contributed by atoms with Crippen molar-refractivity contribution in [2.75, 3.05) is 12.8 Å². The molecule has 2 fully saturated rings. The molecule has 1 aromatic rings. The van der Waals surface area contributed by atoms with Gasteiger partial charge in [0.05, 0.1) is 5.56 Å². The van der Waals surface area contributed by atoms with E-state index in [4.69, 9.17) is 5.73 Å². The number of pyridine rings is 1. The largest absolute Gasteiger partial charge is 0.384 e. The van der Waals surface area contributed by atoms with Gasteiger partial charge in [-0.1, -0.05) is 6.42 Å². The number of hydrogen-bond acceptors (Lipinski definition) is 4. The molecular formula is C15H22N4O. The van der Waals surface area contributed by atoms with Crippen molar-refractivity contribution < 1.29 is 4.79 Å². The van der Waals surface area contributed by atoms with Crippen LogP contribution in [0, 0.1) is 0 Å². The minimum absolute atomic E-state index is 0.0369. The van der Waals surface area contributed by atoms with Crippen LogP contribution in [-0.4, -0.2) is 41.0 Å². The van der Waals surface area contributed by atoms with Gasteiger partial charge in [0.2, 0.25) is 0 Å². The van der Waals surface area contributed by atoms with Crippen LogP contribution in [0.3, 0.4) is 0 Å². The number of rotatable bonds is 2. The third-order valence-electron chi connectivity index (χ3n) is 4.72. The van der Waals surface area contributed by atoms with E-state index in [1.54, 1.807) is 18.3 Å². The number of nitrogens with two attached hydrogens (primary N) is 1. The van der Waals surface area contributed by atoms with E-state index in [1.807, 2.05) is 0 Å². The molecule has 3 heterocycles. The van der Waals surface area contributed by atoms with Crippen LogP contribution in [0.25, 0.3) is 0 Å². The Morgan fingerprint density at radius 1 is 1.35 bits per heavy atom. The number of nitrogens with zero attached hydrogens (tertiary/aromatic N) is 2. The van der Waals surface area contributed by atoms with E-state index in [1.165, 1.54) is 19.3 Å². The highest BCUT2D eigenvalue weighted by molar-refractivity contribution is 5.94. The summed E-state index contributed by atoms with van der Waals surface area (Å²) in [4.78, 5) is 18.7. The van der Waals surface area contributed by atoms with Gasteiger partial charge in [0.15, 0.2) is 0 Å². The standard InChI is InChI=1S/C15H22N4O/c1-19-12-3-2-4-13(19)8-11(7-12)18-15(20)10-5-6-14(16)17-9-10/h5-6,9,11-13H,2-4,7-8H2,1H3,(H2,16,17)(H,18,20). The molecule has 5 heteroatoms. The van der Waals surface area contributed by atoms with E-state index >= 15 is 0 Å². The molecule has 2 atom stereocenters. The quantitative estimate of drug-likeness (QED) is 0.855. The molecule has 20 heavy (non-hydrogen) atoms. The number of anilines is 1. The third-order valence-corrected chi connectivity index (χ3v) is 4.72. The average molecular weight is 274 g/mol. The van der Waals surface area contributed by atoms with Gasteiger partial charge in [-0.2, -0.15) is 0 Å².